The largest absolute Gasteiger partial charge is 0.504 e. The summed E-state index contributed by atoms with van der Waals surface area (Å²) in [4.78, 5) is 20.5. The molecule has 0 spiro atoms. The van der Waals surface area contributed by atoms with Gasteiger partial charge < -0.3 is 19.7 Å². The van der Waals surface area contributed by atoms with Gasteiger partial charge in [-0.2, -0.15) is 4.98 Å². The van der Waals surface area contributed by atoms with Crippen molar-refractivity contribution in [3.05, 3.63) is 59.6 Å². The minimum atomic E-state index is -0.575. The van der Waals surface area contributed by atoms with Crippen LogP contribution >= 0.6 is 11.8 Å². The number of phenols is 1. The maximum Gasteiger partial charge on any atom is 0.322 e. The number of carbonyl (C=O) groups excluding carboxylic acids is 1. The number of benzene rings is 2. The van der Waals surface area contributed by atoms with Crippen molar-refractivity contribution in [2.45, 2.75) is 37.6 Å². The summed E-state index contributed by atoms with van der Waals surface area (Å²) >= 11 is 1.66. The van der Waals surface area contributed by atoms with Gasteiger partial charge in [0.1, 0.15) is 0 Å². The topological polar surface area (TPSA) is 101 Å². The van der Waals surface area contributed by atoms with E-state index in [0.717, 1.165) is 29.0 Å². The molecule has 0 saturated heterocycles. The van der Waals surface area contributed by atoms with Gasteiger partial charge in [0.2, 0.25) is 5.82 Å². The molecule has 1 aromatic heterocycles. The highest BCUT2D eigenvalue weighted by molar-refractivity contribution is 7.98. The van der Waals surface area contributed by atoms with Gasteiger partial charge in [0.25, 0.3) is 5.89 Å². The van der Waals surface area contributed by atoms with Gasteiger partial charge in [0, 0.05) is 22.7 Å². The van der Waals surface area contributed by atoms with E-state index in [0.29, 0.717) is 35.1 Å². The minimum absolute atomic E-state index is 0.0141. The monoisotopic (exact) mass is 480 g/mol. The molecule has 1 atom stereocenters. The van der Waals surface area contributed by atoms with E-state index < -0.39 is 6.04 Å². The lowest BCUT2D eigenvalue weighted by atomic mass is 9.94. The van der Waals surface area contributed by atoms with E-state index in [-0.39, 0.29) is 11.8 Å². The molecule has 8 nitrogen and oxygen atoms in total. The Morgan fingerprint density at radius 3 is 2.65 bits per heavy atom. The lowest BCUT2D eigenvalue weighted by molar-refractivity contribution is 0.204. The fourth-order valence-electron chi connectivity index (χ4n) is 3.97. The van der Waals surface area contributed by atoms with E-state index in [4.69, 9.17) is 9.26 Å². The molecular formula is C25H28N4O4S. The molecule has 0 radical (unpaired) electrons. The molecular weight excluding hydrogens is 452 g/mol. The van der Waals surface area contributed by atoms with Crippen LogP contribution < -0.4 is 10.1 Å². The van der Waals surface area contributed by atoms with Crippen molar-refractivity contribution in [3.8, 4) is 22.9 Å². The molecule has 0 aliphatic carbocycles. The lowest BCUT2D eigenvalue weighted by Gasteiger charge is -2.35. The molecule has 4 rings (SSSR count). The van der Waals surface area contributed by atoms with Gasteiger partial charge in [0.05, 0.1) is 18.7 Å². The molecule has 1 aliphatic heterocycles. The third-order valence-electron chi connectivity index (χ3n) is 5.87. The number of unbranched alkanes of at least 4 members (excludes halogenated alkanes) is 1. The smallest absolute Gasteiger partial charge is 0.322 e. The van der Waals surface area contributed by atoms with Crippen molar-refractivity contribution in [1.29, 1.82) is 0 Å². The zero-order valence-electron chi connectivity index (χ0n) is 19.7. The van der Waals surface area contributed by atoms with Crippen LogP contribution in [0.25, 0.3) is 17.0 Å². The molecule has 178 valence electrons. The molecule has 0 fully saturated rings. The second-order valence-corrected chi connectivity index (χ2v) is 8.85. The van der Waals surface area contributed by atoms with Crippen molar-refractivity contribution >= 4 is 23.4 Å². The Balaban J connectivity index is 1.78. The van der Waals surface area contributed by atoms with Crippen LogP contribution in [0, 0.1) is 0 Å². The number of nitrogens with one attached hydrogen (secondary N) is 1. The predicted molar refractivity (Wildman–Crippen MR) is 132 cm³/mol. The molecule has 2 heterocycles. The summed E-state index contributed by atoms with van der Waals surface area (Å²) in [5, 5.41) is 17.6. The van der Waals surface area contributed by atoms with Crippen LogP contribution in [0.4, 0.5) is 4.79 Å². The highest BCUT2D eigenvalue weighted by atomic mass is 32.2. The average molecular weight is 481 g/mol. The van der Waals surface area contributed by atoms with E-state index in [2.05, 4.69) is 22.4 Å². The Morgan fingerprint density at radius 2 is 2.00 bits per heavy atom. The molecule has 1 unspecified atom stereocenters. The van der Waals surface area contributed by atoms with Gasteiger partial charge in [-0.1, -0.05) is 24.6 Å². The third kappa shape index (κ3) is 4.61. The first-order valence-electron chi connectivity index (χ1n) is 11.1. The number of allylic oxidation sites excluding steroid dienone is 1. The van der Waals surface area contributed by atoms with Crippen molar-refractivity contribution in [1.82, 2.24) is 20.4 Å². The van der Waals surface area contributed by atoms with Crippen LogP contribution in [0.5, 0.6) is 11.5 Å². The van der Waals surface area contributed by atoms with Crippen molar-refractivity contribution in [2.24, 2.45) is 0 Å². The molecule has 9 heteroatoms. The summed E-state index contributed by atoms with van der Waals surface area (Å²) in [6, 6.07) is 12.2. The van der Waals surface area contributed by atoms with Gasteiger partial charge in [-0.25, -0.2) is 4.79 Å². The summed E-state index contributed by atoms with van der Waals surface area (Å²) < 4.78 is 10.9. The Bertz CT molecular complexity index is 1210. The molecule has 2 amide bonds. The number of hydrogen-bond acceptors (Lipinski definition) is 7. The van der Waals surface area contributed by atoms with Crippen molar-refractivity contribution in [2.75, 3.05) is 19.9 Å². The second kappa shape index (κ2) is 10.2. The van der Waals surface area contributed by atoms with Crippen LogP contribution in [0.3, 0.4) is 0 Å². The van der Waals surface area contributed by atoms with Crippen LogP contribution in [0.1, 0.15) is 44.2 Å². The van der Waals surface area contributed by atoms with E-state index in [1.165, 1.54) is 7.11 Å². The van der Waals surface area contributed by atoms with Gasteiger partial charge in [-0.05, 0) is 61.6 Å². The highest BCUT2D eigenvalue weighted by Crippen LogP contribution is 2.39. The Labute approximate surface area is 203 Å². The Kier molecular flexibility index (Phi) is 7.12. The van der Waals surface area contributed by atoms with E-state index in [1.807, 2.05) is 37.4 Å². The number of aromatic nitrogens is 2. The average Bonchev–Trinajstić information content (AvgIpc) is 3.33. The second-order valence-electron chi connectivity index (χ2n) is 7.97. The number of rotatable bonds is 8. The first kappa shape index (κ1) is 23.7. The normalized spacial score (nSPS) is 16.1. The van der Waals surface area contributed by atoms with Gasteiger partial charge in [0.15, 0.2) is 11.5 Å². The number of methoxy groups -OCH3 is 1. The van der Waals surface area contributed by atoms with Gasteiger partial charge >= 0.3 is 6.03 Å². The maximum atomic E-state index is 13.0. The zero-order valence-corrected chi connectivity index (χ0v) is 20.5. The molecule has 2 N–H and O–H groups in total. The Morgan fingerprint density at radius 1 is 1.24 bits per heavy atom. The molecule has 2 aromatic carbocycles. The maximum absolute atomic E-state index is 13.0. The standard InChI is InChI=1S/C25H28N4O4S/c1-5-6-13-29-15(2)21(22(26-25(29)31)17-9-12-20(32-3)19(30)14-17)24-27-23(28-33-24)16-7-10-18(34-4)11-8-16/h7-12,14,22,30H,5-6,13H2,1-4H3,(H,26,31). The number of hydrogen-bond donors (Lipinski definition) is 2. The first-order chi connectivity index (χ1) is 16.5. The quantitative estimate of drug-likeness (QED) is 0.412. The number of nitrogens with zero attached hydrogens (tertiary/aromatic N) is 3. The lowest BCUT2D eigenvalue weighted by Crippen LogP contribution is -2.46. The molecule has 0 saturated carbocycles. The van der Waals surface area contributed by atoms with Crippen LogP contribution in [0.2, 0.25) is 0 Å². The first-order valence-corrected chi connectivity index (χ1v) is 12.3. The molecule has 3 aromatic rings. The summed E-state index contributed by atoms with van der Waals surface area (Å²) in [5.74, 6) is 1.13. The Hall–Kier alpha value is -3.46. The molecule has 34 heavy (non-hydrogen) atoms. The number of phenolic OH excluding ortho intramolecular Hbond substituents is 1. The van der Waals surface area contributed by atoms with E-state index in [1.54, 1.807) is 34.9 Å². The van der Waals surface area contributed by atoms with Crippen LogP contribution in [-0.4, -0.2) is 46.1 Å². The number of thioether (sulfide) groups is 1. The number of aromatic hydroxyl groups is 1. The van der Waals surface area contributed by atoms with Gasteiger partial charge in [-0.15, -0.1) is 11.8 Å². The summed E-state index contributed by atoms with van der Waals surface area (Å²) in [7, 11) is 1.49. The predicted octanol–water partition coefficient (Wildman–Crippen LogP) is 5.47. The minimum Gasteiger partial charge on any atom is -0.504 e. The summed E-state index contributed by atoms with van der Waals surface area (Å²) in [6.07, 6.45) is 3.84. The molecule has 1 aliphatic rings. The summed E-state index contributed by atoms with van der Waals surface area (Å²) in [6.45, 7) is 4.55. The fraction of sp³-hybridized carbons (Fsp3) is 0.320. The summed E-state index contributed by atoms with van der Waals surface area (Å²) in [5.41, 5.74) is 2.96. The number of carbonyl (C=O) groups is 1. The number of amides is 2. The highest BCUT2D eigenvalue weighted by Gasteiger charge is 2.35. The third-order valence-corrected chi connectivity index (χ3v) is 6.62. The van der Waals surface area contributed by atoms with E-state index in [9.17, 15) is 9.90 Å². The van der Waals surface area contributed by atoms with Crippen molar-refractivity contribution < 1.29 is 19.2 Å². The number of urea groups is 1. The van der Waals surface area contributed by atoms with E-state index >= 15 is 0 Å². The van der Waals surface area contributed by atoms with Crippen LogP contribution in [-0.2, 0) is 0 Å². The van der Waals surface area contributed by atoms with Crippen molar-refractivity contribution in [3.63, 3.8) is 0 Å². The zero-order chi connectivity index (χ0) is 24.2. The van der Waals surface area contributed by atoms with Gasteiger partial charge in [-0.3, -0.25) is 4.90 Å². The number of ether oxygens (including phenoxy) is 1. The molecule has 0 bridgehead atoms. The van der Waals surface area contributed by atoms with Crippen LogP contribution in [0.15, 0.2) is 57.6 Å². The SMILES string of the molecule is CCCCN1C(=O)NC(c2ccc(OC)c(O)c2)C(c2nc(-c3ccc(SC)cc3)no2)=C1C. The fourth-order valence-corrected chi connectivity index (χ4v) is 4.38.